The Morgan fingerprint density at radius 2 is 1.89 bits per heavy atom. The number of amides is 1. The topological polar surface area (TPSA) is 97.2 Å². The Labute approximate surface area is 157 Å². The van der Waals surface area contributed by atoms with Crippen LogP contribution in [-0.2, 0) is 10.0 Å². The first-order chi connectivity index (χ1) is 12.7. The Balaban J connectivity index is 1.58. The number of carbonyl (C=O) groups is 1. The zero-order chi connectivity index (χ0) is 19.6. The predicted octanol–water partition coefficient (Wildman–Crippen LogP) is 1.12. The quantitative estimate of drug-likeness (QED) is 0.818. The van der Waals surface area contributed by atoms with E-state index in [4.69, 9.17) is 0 Å². The second-order valence-corrected chi connectivity index (χ2v) is 8.67. The van der Waals surface area contributed by atoms with E-state index in [2.05, 4.69) is 15.4 Å². The van der Waals surface area contributed by atoms with Gasteiger partial charge >= 0.3 is 0 Å². The van der Waals surface area contributed by atoms with Gasteiger partial charge in [-0.3, -0.25) is 4.79 Å². The summed E-state index contributed by atoms with van der Waals surface area (Å²) < 4.78 is 39.1. The molecule has 0 atom stereocenters. The molecular weight excluding hydrogens is 373 g/mol. The van der Waals surface area contributed by atoms with Gasteiger partial charge < -0.3 is 5.32 Å². The van der Waals surface area contributed by atoms with Crippen LogP contribution >= 0.6 is 0 Å². The van der Waals surface area contributed by atoms with E-state index in [1.165, 1.54) is 27.4 Å². The monoisotopic (exact) mass is 395 g/mol. The minimum Gasteiger partial charge on any atom is -0.349 e. The molecule has 1 aromatic carbocycles. The van der Waals surface area contributed by atoms with Gasteiger partial charge in [0.2, 0.25) is 15.8 Å². The van der Waals surface area contributed by atoms with Crippen molar-refractivity contribution < 1.29 is 17.6 Å². The van der Waals surface area contributed by atoms with Gasteiger partial charge in [0.05, 0.1) is 11.9 Å². The first-order valence-corrected chi connectivity index (χ1v) is 10.5. The largest absolute Gasteiger partial charge is 0.349 e. The summed E-state index contributed by atoms with van der Waals surface area (Å²) in [6.45, 7) is 3.10. The third kappa shape index (κ3) is 4.69. The minimum absolute atomic E-state index is 0.0467. The van der Waals surface area contributed by atoms with Crippen molar-refractivity contribution in [1.82, 2.24) is 24.4 Å². The van der Waals surface area contributed by atoms with Gasteiger partial charge in [-0.2, -0.15) is 0 Å². The average molecular weight is 395 g/mol. The van der Waals surface area contributed by atoms with Crippen LogP contribution in [0.25, 0.3) is 5.69 Å². The molecule has 0 unspecified atom stereocenters. The molecule has 2 aromatic rings. The Morgan fingerprint density at radius 1 is 1.26 bits per heavy atom. The fraction of sp³-hybridized carbons (Fsp3) is 0.471. The van der Waals surface area contributed by atoms with Crippen LogP contribution in [0.2, 0.25) is 0 Å². The van der Waals surface area contributed by atoms with E-state index in [1.54, 1.807) is 19.1 Å². The molecule has 0 radical (unpaired) electrons. The Kier molecular flexibility index (Phi) is 5.56. The van der Waals surface area contributed by atoms with E-state index in [0.717, 1.165) is 0 Å². The van der Waals surface area contributed by atoms with E-state index in [9.17, 15) is 17.6 Å². The number of hydrogen-bond acceptors (Lipinski definition) is 5. The SMILES string of the molecule is Cc1nc(C(=O)NCC2CCN(S(C)(=O)=O)CC2)nn1-c1ccc(F)cc1. The number of carbonyl (C=O) groups excluding carboxylic acids is 1. The summed E-state index contributed by atoms with van der Waals surface area (Å²) in [5, 5.41) is 7.02. The first kappa shape index (κ1) is 19.4. The summed E-state index contributed by atoms with van der Waals surface area (Å²) in [5.74, 6) is 0.0479. The summed E-state index contributed by atoms with van der Waals surface area (Å²) in [7, 11) is -3.15. The van der Waals surface area contributed by atoms with Crippen molar-refractivity contribution >= 4 is 15.9 Å². The number of sulfonamides is 1. The second kappa shape index (κ2) is 7.73. The van der Waals surface area contributed by atoms with Crippen molar-refractivity contribution in [3.63, 3.8) is 0 Å². The molecule has 0 aliphatic carbocycles. The molecule has 0 spiro atoms. The number of nitrogens with zero attached hydrogens (tertiary/aromatic N) is 4. The summed E-state index contributed by atoms with van der Waals surface area (Å²) >= 11 is 0. The zero-order valence-electron chi connectivity index (χ0n) is 15.2. The lowest BCUT2D eigenvalue weighted by atomic mass is 9.98. The van der Waals surface area contributed by atoms with Gasteiger partial charge in [-0.15, -0.1) is 5.10 Å². The van der Waals surface area contributed by atoms with Gasteiger partial charge in [-0.05, 0) is 49.9 Å². The number of benzene rings is 1. The van der Waals surface area contributed by atoms with Crippen molar-refractivity contribution in [3.05, 3.63) is 41.7 Å². The summed E-state index contributed by atoms with van der Waals surface area (Å²) in [4.78, 5) is 16.5. The highest BCUT2D eigenvalue weighted by Crippen LogP contribution is 2.18. The Hall–Kier alpha value is -2.33. The number of aryl methyl sites for hydroxylation is 1. The van der Waals surface area contributed by atoms with Gasteiger partial charge in [0.15, 0.2) is 0 Å². The van der Waals surface area contributed by atoms with Crippen molar-refractivity contribution in [2.75, 3.05) is 25.9 Å². The molecule has 1 N–H and O–H groups in total. The number of rotatable bonds is 5. The normalized spacial score (nSPS) is 16.4. The molecule has 2 heterocycles. The molecule has 3 rings (SSSR count). The maximum atomic E-state index is 13.1. The average Bonchev–Trinajstić information content (AvgIpc) is 3.02. The Morgan fingerprint density at radius 3 is 2.48 bits per heavy atom. The molecule has 1 amide bonds. The van der Waals surface area contributed by atoms with Crippen LogP contribution < -0.4 is 5.32 Å². The highest BCUT2D eigenvalue weighted by Gasteiger charge is 2.25. The van der Waals surface area contributed by atoms with Crippen LogP contribution in [0, 0.1) is 18.7 Å². The van der Waals surface area contributed by atoms with Gasteiger partial charge in [-0.25, -0.2) is 26.8 Å². The van der Waals surface area contributed by atoms with E-state index in [0.29, 0.717) is 44.0 Å². The predicted molar refractivity (Wildman–Crippen MR) is 97.5 cm³/mol. The fourth-order valence-corrected chi connectivity index (χ4v) is 3.95. The van der Waals surface area contributed by atoms with Crippen molar-refractivity contribution in [2.45, 2.75) is 19.8 Å². The van der Waals surface area contributed by atoms with Crippen LogP contribution in [0.3, 0.4) is 0 Å². The molecule has 0 saturated carbocycles. The van der Waals surface area contributed by atoms with E-state index >= 15 is 0 Å². The smallest absolute Gasteiger partial charge is 0.290 e. The number of halogens is 1. The zero-order valence-corrected chi connectivity index (χ0v) is 16.0. The van der Waals surface area contributed by atoms with E-state index in [1.807, 2.05) is 0 Å². The van der Waals surface area contributed by atoms with Gasteiger partial charge in [0, 0.05) is 19.6 Å². The fourth-order valence-electron chi connectivity index (χ4n) is 3.07. The lowest BCUT2D eigenvalue weighted by Gasteiger charge is -2.30. The molecule has 8 nitrogen and oxygen atoms in total. The standard InChI is InChI=1S/C17H22FN5O3S/c1-12-20-16(21-23(12)15-5-3-14(18)4-6-15)17(24)19-11-13-7-9-22(10-8-13)27(2,25)26/h3-6,13H,7-11H2,1-2H3,(H,19,24). The van der Waals surface area contributed by atoms with Gasteiger partial charge in [0.25, 0.3) is 5.91 Å². The summed E-state index contributed by atoms with van der Waals surface area (Å²) in [5.41, 5.74) is 0.619. The number of hydrogen-bond donors (Lipinski definition) is 1. The van der Waals surface area contributed by atoms with Crippen LogP contribution in [0.1, 0.15) is 29.3 Å². The molecule has 1 aromatic heterocycles. The maximum absolute atomic E-state index is 13.1. The number of aromatic nitrogens is 3. The van der Waals surface area contributed by atoms with Crippen LogP contribution in [0.15, 0.2) is 24.3 Å². The third-order valence-electron chi connectivity index (χ3n) is 4.64. The molecule has 146 valence electrons. The number of piperidine rings is 1. The maximum Gasteiger partial charge on any atom is 0.290 e. The molecular formula is C17H22FN5O3S. The molecule has 1 fully saturated rings. The van der Waals surface area contributed by atoms with Crippen molar-refractivity contribution in [1.29, 1.82) is 0 Å². The number of nitrogens with one attached hydrogen (secondary N) is 1. The first-order valence-electron chi connectivity index (χ1n) is 8.67. The van der Waals surface area contributed by atoms with E-state index in [-0.39, 0.29) is 23.5 Å². The van der Waals surface area contributed by atoms with E-state index < -0.39 is 10.0 Å². The van der Waals surface area contributed by atoms with Crippen molar-refractivity contribution in [3.8, 4) is 5.69 Å². The van der Waals surface area contributed by atoms with Gasteiger partial charge in [-0.1, -0.05) is 0 Å². The minimum atomic E-state index is -3.15. The highest BCUT2D eigenvalue weighted by molar-refractivity contribution is 7.88. The molecule has 27 heavy (non-hydrogen) atoms. The molecule has 1 saturated heterocycles. The van der Waals surface area contributed by atoms with Crippen LogP contribution in [-0.4, -0.2) is 59.3 Å². The third-order valence-corrected chi connectivity index (χ3v) is 5.94. The molecule has 0 bridgehead atoms. The summed E-state index contributed by atoms with van der Waals surface area (Å²) in [6.07, 6.45) is 2.61. The Bertz CT molecular complexity index is 919. The lowest BCUT2D eigenvalue weighted by molar-refractivity contribution is 0.0931. The second-order valence-electron chi connectivity index (χ2n) is 6.69. The van der Waals surface area contributed by atoms with Crippen molar-refractivity contribution in [2.24, 2.45) is 5.92 Å². The van der Waals surface area contributed by atoms with Gasteiger partial charge in [0.1, 0.15) is 11.6 Å². The van der Waals surface area contributed by atoms with Crippen LogP contribution in [0.4, 0.5) is 4.39 Å². The molecule has 1 aliphatic rings. The van der Waals surface area contributed by atoms with Crippen LogP contribution in [0.5, 0.6) is 0 Å². The molecule has 10 heteroatoms. The highest BCUT2D eigenvalue weighted by atomic mass is 32.2. The lowest BCUT2D eigenvalue weighted by Crippen LogP contribution is -2.41. The molecule has 1 aliphatic heterocycles. The summed E-state index contributed by atoms with van der Waals surface area (Å²) in [6, 6.07) is 5.76.